The lowest BCUT2D eigenvalue weighted by atomic mass is 10.2. The summed E-state index contributed by atoms with van der Waals surface area (Å²) < 4.78 is 6.91. The maximum atomic E-state index is 12.5. The molecule has 0 atom stereocenters. The maximum absolute atomic E-state index is 12.5. The first-order valence-electron chi connectivity index (χ1n) is 9.13. The van der Waals surface area contributed by atoms with E-state index in [2.05, 4.69) is 16.4 Å². The van der Waals surface area contributed by atoms with Crippen LogP contribution in [0.2, 0.25) is 5.15 Å². The predicted octanol–water partition coefficient (Wildman–Crippen LogP) is 3.87. The summed E-state index contributed by atoms with van der Waals surface area (Å²) in [5.74, 6) is -0.945. The van der Waals surface area contributed by atoms with E-state index in [1.54, 1.807) is 6.07 Å². The maximum Gasteiger partial charge on any atom is 0.341 e. The first kappa shape index (κ1) is 21.1. The number of pyridine rings is 1. The highest BCUT2D eigenvalue weighted by Gasteiger charge is 2.21. The first-order chi connectivity index (χ1) is 14.4. The number of ether oxygens (including phenoxy) is 1. The lowest BCUT2D eigenvalue weighted by Crippen LogP contribution is -2.23. The van der Waals surface area contributed by atoms with Gasteiger partial charge in [-0.05, 0) is 37.1 Å². The minimum Gasteiger partial charge on any atom is -0.452 e. The van der Waals surface area contributed by atoms with Gasteiger partial charge in [-0.15, -0.1) is 0 Å². The molecule has 3 aromatic rings. The highest BCUT2D eigenvalue weighted by molar-refractivity contribution is 6.32. The smallest absolute Gasteiger partial charge is 0.341 e. The third kappa shape index (κ3) is 4.50. The van der Waals surface area contributed by atoms with Gasteiger partial charge in [0.2, 0.25) is 0 Å². The van der Waals surface area contributed by atoms with Crippen molar-refractivity contribution in [3.05, 3.63) is 81.8 Å². The van der Waals surface area contributed by atoms with Gasteiger partial charge in [-0.1, -0.05) is 41.9 Å². The molecule has 2 aromatic heterocycles. The molecule has 0 fully saturated rings. The molecule has 0 saturated carbocycles. The second kappa shape index (κ2) is 9.25. The minimum atomic E-state index is -0.754. The van der Waals surface area contributed by atoms with Crippen molar-refractivity contribution in [2.75, 3.05) is 11.9 Å². The van der Waals surface area contributed by atoms with Gasteiger partial charge in [-0.2, -0.15) is 5.26 Å². The Morgan fingerprint density at radius 3 is 2.60 bits per heavy atom. The fourth-order valence-corrected chi connectivity index (χ4v) is 3.21. The number of amides is 1. The largest absolute Gasteiger partial charge is 0.452 e. The highest BCUT2D eigenvalue weighted by atomic mass is 35.5. The van der Waals surface area contributed by atoms with Crippen LogP contribution in [0.4, 0.5) is 5.82 Å². The molecular formula is C22H19ClN4O3. The molecule has 0 spiro atoms. The Bertz CT molecular complexity index is 1130. The molecule has 0 aliphatic carbocycles. The Balaban J connectivity index is 1.77. The van der Waals surface area contributed by atoms with Crippen LogP contribution < -0.4 is 5.32 Å². The van der Waals surface area contributed by atoms with Crippen molar-refractivity contribution in [1.29, 1.82) is 5.26 Å². The van der Waals surface area contributed by atoms with Crippen molar-refractivity contribution in [3.63, 3.8) is 0 Å². The summed E-state index contributed by atoms with van der Waals surface area (Å²) in [5.41, 5.74) is 3.11. The van der Waals surface area contributed by atoms with Crippen molar-refractivity contribution >= 4 is 29.3 Å². The van der Waals surface area contributed by atoms with Crippen LogP contribution in [-0.2, 0) is 16.1 Å². The number of halogens is 1. The van der Waals surface area contributed by atoms with Gasteiger partial charge in [0.05, 0.1) is 11.1 Å². The average Bonchev–Trinajstić information content (AvgIpc) is 2.97. The van der Waals surface area contributed by atoms with Crippen LogP contribution in [0.5, 0.6) is 0 Å². The van der Waals surface area contributed by atoms with E-state index in [-0.39, 0.29) is 10.7 Å². The molecule has 0 saturated heterocycles. The van der Waals surface area contributed by atoms with E-state index in [9.17, 15) is 14.9 Å². The number of nitrogens with zero attached hydrogens (tertiary/aromatic N) is 3. The topological polar surface area (TPSA) is 97.0 Å². The second-order valence-corrected chi connectivity index (χ2v) is 6.94. The van der Waals surface area contributed by atoms with Crippen LogP contribution in [0.15, 0.2) is 48.7 Å². The molecule has 0 bridgehead atoms. The Hall–Kier alpha value is -3.63. The average molecular weight is 423 g/mol. The summed E-state index contributed by atoms with van der Waals surface area (Å²) in [7, 11) is 0. The van der Waals surface area contributed by atoms with Gasteiger partial charge >= 0.3 is 5.97 Å². The van der Waals surface area contributed by atoms with Crippen molar-refractivity contribution in [1.82, 2.24) is 9.55 Å². The summed E-state index contributed by atoms with van der Waals surface area (Å²) >= 11 is 5.87. The molecule has 0 aliphatic heterocycles. The van der Waals surface area contributed by atoms with E-state index in [4.69, 9.17) is 16.3 Å². The number of nitrogens with one attached hydrogen (secondary N) is 1. The number of carbonyl (C=O) groups excluding carboxylic acids is 2. The quantitative estimate of drug-likeness (QED) is 0.480. The minimum absolute atomic E-state index is 0.00216. The van der Waals surface area contributed by atoms with E-state index in [0.29, 0.717) is 17.9 Å². The van der Waals surface area contributed by atoms with E-state index in [1.807, 2.05) is 48.7 Å². The summed E-state index contributed by atoms with van der Waals surface area (Å²) in [6.07, 6.45) is 1.45. The summed E-state index contributed by atoms with van der Waals surface area (Å²) in [6, 6.07) is 14.8. The first-order valence-corrected chi connectivity index (χ1v) is 9.51. The highest BCUT2D eigenvalue weighted by Crippen LogP contribution is 2.27. The Morgan fingerprint density at radius 1 is 1.20 bits per heavy atom. The van der Waals surface area contributed by atoms with Crippen molar-refractivity contribution < 1.29 is 14.3 Å². The molecule has 0 unspecified atom stereocenters. The van der Waals surface area contributed by atoms with Crippen LogP contribution in [0.1, 0.15) is 32.7 Å². The van der Waals surface area contributed by atoms with E-state index in [1.165, 1.54) is 12.3 Å². The fraction of sp³-hybridized carbons (Fsp3) is 0.182. The predicted molar refractivity (Wildman–Crippen MR) is 112 cm³/mol. The van der Waals surface area contributed by atoms with Crippen LogP contribution in [0, 0.1) is 25.2 Å². The molecule has 7 nitrogen and oxygen atoms in total. The van der Waals surface area contributed by atoms with Gasteiger partial charge < -0.3 is 14.6 Å². The van der Waals surface area contributed by atoms with Gasteiger partial charge in [0, 0.05) is 18.4 Å². The molecule has 3 rings (SSSR count). The number of hydrogen-bond donors (Lipinski definition) is 1. The van der Waals surface area contributed by atoms with Crippen LogP contribution in [0.3, 0.4) is 0 Å². The van der Waals surface area contributed by atoms with Crippen LogP contribution in [0.25, 0.3) is 0 Å². The zero-order valence-corrected chi connectivity index (χ0v) is 17.2. The van der Waals surface area contributed by atoms with Crippen molar-refractivity contribution in [2.45, 2.75) is 20.4 Å². The molecule has 1 N–H and O–H groups in total. The molecule has 0 radical (unpaired) electrons. The summed E-state index contributed by atoms with van der Waals surface area (Å²) in [6.45, 7) is 3.67. The van der Waals surface area contributed by atoms with Crippen molar-refractivity contribution in [2.24, 2.45) is 0 Å². The SMILES string of the molecule is Cc1c(C#N)c(NC(=O)COC(=O)c2cccnc2Cl)n(Cc2ccccc2)c1C. The number of carbonyl (C=O) groups is 2. The zero-order chi connectivity index (χ0) is 21.7. The lowest BCUT2D eigenvalue weighted by Gasteiger charge is -2.13. The van der Waals surface area contributed by atoms with Gasteiger partial charge in [0.15, 0.2) is 6.61 Å². The zero-order valence-electron chi connectivity index (χ0n) is 16.5. The van der Waals surface area contributed by atoms with Gasteiger partial charge in [0.25, 0.3) is 5.91 Å². The molecule has 1 aromatic carbocycles. The fourth-order valence-electron chi connectivity index (χ4n) is 3.01. The summed E-state index contributed by atoms with van der Waals surface area (Å²) in [5, 5.41) is 12.3. The van der Waals surface area contributed by atoms with Crippen molar-refractivity contribution in [3.8, 4) is 6.07 Å². The molecular weight excluding hydrogens is 404 g/mol. The van der Waals surface area contributed by atoms with Gasteiger partial charge in [-0.25, -0.2) is 9.78 Å². The number of nitriles is 1. The number of benzene rings is 1. The Kier molecular flexibility index (Phi) is 6.50. The third-order valence-corrected chi connectivity index (χ3v) is 5.00. The normalized spacial score (nSPS) is 10.3. The third-order valence-electron chi connectivity index (χ3n) is 4.70. The number of hydrogen-bond acceptors (Lipinski definition) is 5. The van der Waals surface area contributed by atoms with Gasteiger partial charge in [0.1, 0.15) is 17.0 Å². The number of esters is 1. The van der Waals surface area contributed by atoms with E-state index < -0.39 is 18.5 Å². The number of anilines is 1. The molecule has 152 valence electrons. The molecule has 2 heterocycles. The number of aromatic nitrogens is 2. The molecule has 1 amide bonds. The van der Waals surface area contributed by atoms with Crippen LogP contribution >= 0.6 is 11.6 Å². The monoisotopic (exact) mass is 422 g/mol. The lowest BCUT2D eigenvalue weighted by molar-refractivity contribution is -0.119. The molecule has 8 heteroatoms. The molecule has 30 heavy (non-hydrogen) atoms. The summed E-state index contributed by atoms with van der Waals surface area (Å²) in [4.78, 5) is 28.4. The van der Waals surface area contributed by atoms with E-state index in [0.717, 1.165) is 16.8 Å². The Morgan fingerprint density at radius 2 is 1.93 bits per heavy atom. The van der Waals surface area contributed by atoms with Gasteiger partial charge in [-0.3, -0.25) is 4.79 Å². The Labute approximate surface area is 178 Å². The second-order valence-electron chi connectivity index (χ2n) is 6.58. The van der Waals surface area contributed by atoms with E-state index >= 15 is 0 Å². The standard InChI is InChI=1S/C22H19ClN4O3/c1-14-15(2)27(12-16-7-4-3-5-8-16)21(18(14)11-24)26-19(28)13-30-22(29)17-9-6-10-25-20(17)23/h3-10H,12-13H2,1-2H3,(H,26,28). The molecule has 0 aliphatic rings. The van der Waals surface area contributed by atoms with Crippen LogP contribution in [-0.4, -0.2) is 28.0 Å². The number of rotatable bonds is 6.